The van der Waals surface area contributed by atoms with Gasteiger partial charge in [-0.05, 0) is 18.6 Å². The van der Waals surface area contributed by atoms with Crippen LogP contribution in [0, 0.1) is 6.92 Å². The molecule has 0 saturated carbocycles. The number of fused-ring (bicyclic) bond motifs is 1. The maximum atomic E-state index is 12.1. The molecule has 1 atom stereocenters. The molecule has 2 N–H and O–H groups in total. The zero-order chi connectivity index (χ0) is 13.2. The van der Waals surface area contributed by atoms with Crippen LogP contribution in [0.15, 0.2) is 34.9 Å². The third-order valence-electron chi connectivity index (χ3n) is 3.21. The molecule has 98 valence electrons. The first-order valence-electron chi connectivity index (χ1n) is 6.27. The Morgan fingerprint density at radius 1 is 1.53 bits per heavy atom. The van der Waals surface area contributed by atoms with Gasteiger partial charge in [-0.1, -0.05) is 23.4 Å². The number of aromatic nitrogens is 1. The van der Waals surface area contributed by atoms with E-state index >= 15 is 0 Å². The van der Waals surface area contributed by atoms with E-state index in [1.807, 2.05) is 37.3 Å². The second kappa shape index (κ2) is 4.76. The van der Waals surface area contributed by atoms with Crippen molar-refractivity contribution in [3.63, 3.8) is 0 Å². The molecule has 1 aliphatic heterocycles. The highest BCUT2D eigenvalue weighted by molar-refractivity contribution is 5.87. The lowest BCUT2D eigenvalue weighted by Gasteiger charge is -2.10. The zero-order valence-corrected chi connectivity index (χ0v) is 10.6. The Morgan fingerprint density at radius 3 is 3.11 bits per heavy atom. The smallest absolute Gasteiger partial charge is 0.243 e. The Kier molecular flexibility index (Phi) is 2.95. The number of rotatable bonds is 3. The van der Waals surface area contributed by atoms with Gasteiger partial charge in [-0.2, -0.15) is 0 Å². The Labute approximate surface area is 111 Å². The molecule has 0 fully saturated rings. The number of para-hydroxylation sites is 1. The lowest BCUT2D eigenvalue weighted by Crippen LogP contribution is -2.38. The first kappa shape index (κ1) is 11.8. The monoisotopic (exact) mass is 257 g/mol. The van der Waals surface area contributed by atoms with Crippen LogP contribution in [-0.2, 0) is 17.8 Å². The molecule has 5 heteroatoms. The number of nitrogens with one attached hydrogen (secondary N) is 2. The molecule has 0 spiro atoms. The molecular formula is C14H15N3O2. The number of carbonyl (C=O) groups is 1. The zero-order valence-electron chi connectivity index (χ0n) is 10.6. The van der Waals surface area contributed by atoms with Gasteiger partial charge in [-0.15, -0.1) is 0 Å². The van der Waals surface area contributed by atoms with E-state index in [4.69, 9.17) is 4.52 Å². The van der Waals surface area contributed by atoms with Crippen LogP contribution in [0.2, 0.25) is 0 Å². The third kappa shape index (κ3) is 2.45. The van der Waals surface area contributed by atoms with Gasteiger partial charge in [0.1, 0.15) is 17.5 Å². The number of nitrogens with zero attached hydrogens (tertiary/aromatic N) is 1. The molecule has 2 aromatic rings. The molecule has 5 nitrogen and oxygen atoms in total. The summed E-state index contributed by atoms with van der Waals surface area (Å²) in [6, 6.07) is 9.59. The highest BCUT2D eigenvalue weighted by Crippen LogP contribution is 2.25. The fourth-order valence-corrected chi connectivity index (χ4v) is 2.26. The maximum Gasteiger partial charge on any atom is 0.243 e. The highest BCUT2D eigenvalue weighted by Gasteiger charge is 2.26. The summed E-state index contributed by atoms with van der Waals surface area (Å²) in [6.07, 6.45) is 0.722. The van der Waals surface area contributed by atoms with E-state index in [1.165, 1.54) is 5.56 Å². The number of hydrogen-bond acceptors (Lipinski definition) is 4. The minimum atomic E-state index is -0.203. The number of benzene rings is 1. The Bertz CT molecular complexity index is 581. The van der Waals surface area contributed by atoms with Gasteiger partial charge in [-0.3, -0.25) is 4.79 Å². The van der Waals surface area contributed by atoms with Crippen molar-refractivity contribution in [3.8, 4) is 0 Å². The van der Waals surface area contributed by atoms with Crippen LogP contribution in [0.3, 0.4) is 0 Å². The summed E-state index contributed by atoms with van der Waals surface area (Å²) in [7, 11) is 0. The summed E-state index contributed by atoms with van der Waals surface area (Å²) in [5, 5.41) is 9.93. The molecule has 1 aromatic heterocycles. The minimum Gasteiger partial charge on any atom is -0.373 e. The molecule has 1 amide bonds. The molecule has 0 aliphatic carbocycles. The summed E-state index contributed by atoms with van der Waals surface area (Å²) in [4.78, 5) is 12.1. The van der Waals surface area contributed by atoms with Crippen LogP contribution in [0.4, 0.5) is 5.69 Å². The lowest BCUT2D eigenvalue weighted by atomic mass is 10.1. The molecule has 2 heterocycles. The largest absolute Gasteiger partial charge is 0.373 e. The van der Waals surface area contributed by atoms with Gasteiger partial charge >= 0.3 is 0 Å². The van der Waals surface area contributed by atoms with E-state index < -0.39 is 0 Å². The van der Waals surface area contributed by atoms with E-state index in [2.05, 4.69) is 15.8 Å². The summed E-state index contributed by atoms with van der Waals surface area (Å²) >= 11 is 0. The van der Waals surface area contributed by atoms with Crippen molar-refractivity contribution in [2.75, 3.05) is 5.32 Å². The standard InChI is InChI=1S/C14H15N3O2/c1-9-6-11(17-19-9)8-15-14(18)13-7-10-4-2-3-5-12(10)16-13/h2-6,13,16H,7-8H2,1H3,(H,15,18). The number of amides is 1. The van der Waals surface area contributed by atoms with Crippen LogP contribution in [-0.4, -0.2) is 17.1 Å². The van der Waals surface area contributed by atoms with Crippen molar-refractivity contribution in [2.45, 2.75) is 25.9 Å². The molecule has 0 radical (unpaired) electrons. The molecule has 0 bridgehead atoms. The van der Waals surface area contributed by atoms with Gasteiger partial charge in [0, 0.05) is 18.2 Å². The van der Waals surface area contributed by atoms with Crippen molar-refractivity contribution < 1.29 is 9.32 Å². The molecular weight excluding hydrogens is 242 g/mol. The fourth-order valence-electron chi connectivity index (χ4n) is 2.26. The Morgan fingerprint density at radius 2 is 2.37 bits per heavy atom. The first-order chi connectivity index (χ1) is 9.22. The van der Waals surface area contributed by atoms with Crippen LogP contribution >= 0.6 is 0 Å². The van der Waals surface area contributed by atoms with Crippen molar-refractivity contribution in [1.29, 1.82) is 0 Å². The van der Waals surface area contributed by atoms with Gasteiger partial charge < -0.3 is 15.2 Å². The normalized spacial score (nSPS) is 16.8. The molecule has 19 heavy (non-hydrogen) atoms. The number of aryl methyl sites for hydroxylation is 1. The predicted molar refractivity (Wildman–Crippen MR) is 70.6 cm³/mol. The first-order valence-corrected chi connectivity index (χ1v) is 6.27. The summed E-state index contributed by atoms with van der Waals surface area (Å²) in [5.74, 6) is 0.729. The van der Waals surface area contributed by atoms with E-state index in [-0.39, 0.29) is 11.9 Å². The number of hydrogen-bond donors (Lipinski definition) is 2. The van der Waals surface area contributed by atoms with Crippen LogP contribution in [0.1, 0.15) is 17.0 Å². The molecule has 1 aliphatic rings. The van der Waals surface area contributed by atoms with Crippen LogP contribution in [0.5, 0.6) is 0 Å². The maximum absolute atomic E-state index is 12.1. The van der Waals surface area contributed by atoms with Gasteiger partial charge in [-0.25, -0.2) is 0 Å². The fraction of sp³-hybridized carbons (Fsp3) is 0.286. The average molecular weight is 257 g/mol. The highest BCUT2D eigenvalue weighted by atomic mass is 16.5. The SMILES string of the molecule is Cc1cc(CNC(=O)C2Cc3ccccc3N2)no1. The van der Waals surface area contributed by atoms with Crippen LogP contribution < -0.4 is 10.6 Å². The van der Waals surface area contributed by atoms with Crippen molar-refractivity contribution >= 4 is 11.6 Å². The molecule has 3 rings (SSSR count). The predicted octanol–water partition coefficient (Wildman–Crippen LogP) is 1.64. The Balaban J connectivity index is 1.58. The van der Waals surface area contributed by atoms with Crippen molar-refractivity contribution in [2.24, 2.45) is 0 Å². The van der Waals surface area contributed by atoms with Crippen LogP contribution in [0.25, 0.3) is 0 Å². The number of anilines is 1. The van der Waals surface area contributed by atoms with Gasteiger partial charge in [0.05, 0.1) is 6.54 Å². The van der Waals surface area contributed by atoms with Crippen molar-refractivity contribution in [3.05, 3.63) is 47.3 Å². The topological polar surface area (TPSA) is 67.2 Å². The van der Waals surface area contributed by atoms with E-state index in [0.29, 0.717) is 6.54 Å². The second-order valence-electron chi connectivity index (χ2n) is 4.70. The number of carbonyl (C=O) groups excluding carboxylic acids is 1. The lowest BCUT2D eigenvalue weighted by molar-refractivity contribution is -0.121. The second-order valence-corrected chi connectivity index (χ2v) is 4.70. The molecule has 1 unspecified atom stereocenters. The Hall–Kier alpha value is -2.30. The average Bonchev–Trinajstić information content (AvgIpc) is 3.01. The van der Waals surface area contributed by atoms with Gasteiger partial charge in [0.2, 0.25) is 5.91 Å². The van der Waals surface area contributed by atoms with Gasteiger partial charge in [0.25, 0.3) is 0 Å². The summed E-state index contributed by atoms with van der Waals surface area (Å²) in [6.45, 7) is 2.22. The van der Waals surface area contributed by atoms with E-state index in [9.17, 15) is 4.79 Å². The van der Waals surface area contributed by atoms with E-state index in [0.717, 1.165) is 23.6 Å². The third-order valence-corrected chi connectivity index (χ3v) is 3.21. The summed E-state index contributed by atoms with van der Waals surface area (Å²) in [5.41, 5.74) is 2.96. The van der Waals surface area contributed by atoms with E-state index in [1.54, 1.807) is 0 Å². The quantitative estimate of drug-likeness (QED) is 0.877. The van der Waals surface area contributed by atoms with Crippen molar-refractivity contribution in [1.82, 2.24) is 10.5 Å². The van der Waals surface area contributed by atoms with Gasteiger partial charge in [0.15, 0.2) is 0 Å². The molecule has 0 saturated heterocycles. The minimum absolute atomic E-state index is 0.0168. The molecule has 1 aromatic carbocycles. The summed E-state index contributed by atoms with van der Waals surface area (Å²) < 4.78 is 4.96.